The number of hydrogen-bond acceptors (Lipinski definition) is 3. The molecule has 0 saturated heterocycles. The van der Waals surface area contributed by atoms with E-state index in [0.29, 0.717) is 21.8 Å². The molecule has 0 fully saturated rings. The lowest BCUT2D eigenvalue weighted by Gasteiger charge is -2.29. The third-order valence-electron chi connectivity index (χ3n) is 4.85. The number of nitrogens with one attached hydrogen (secondary N) is 1. The van der Waals surface area contributed by atoms with Crippen molar-refractivity contribution in [3.8, 4) is 5.75 Å². The number of nitrogens with zero attached hydrogens (tertiary/aromatic N) is 1. The number of rotatable bonds is 9. The first-order valence-corrected chi connectivity index (χ1v) is 11.1. The smallest absolute Gasteiger partial charge is 0.261 e. The van der Waals surface area contributed by atoms with Crippen LogP contribution in [0.15, 0.2) is 46.9 Å². The number of halogens is 2. The fourth-order valence-electron chi connectivity index (χ4n) is 2.87. The Balaban J connectivity index is 2.18. The van der Waals surface area contributed by atoms with Gasteiger partial charge in [-0.15, -0.1) is 0 Å². The Morgan fingerprint density at radius 1 is 1.20 bits per heavy atom. The first-order valence-electron chi connectivity index (χ1n) is 9.94. The molecule has 0 aromatic heterocycles. The first kappa shape index (κ1) is 24.2. The molecule has 0 aliphatic heterocycles. The highest BCUT2D eigenvalue weighted by Gasteiger charge is 2.27. The van der Waals surface area contributed by atoms with Crippen molar-refractivity contribution in [2.45, 2.75) is 52.7 Å². The van der Waals surface area contributed by atoms with E-state index in [1.54, 1.807) is 30.0 Å². The molecule has 0 bridgehead atoms. The number of aryl methyl sites for hydroxylation is 1. The van der Waals surface area contributed by atoms with Gasteiger partial charge in [-0.3, -0.25) is 9.59 Å². The predicted octanol–water partition coefficient (Wildman–Crippen LogP) is 5.12. The van der Waals surface area contributed by atoms with Gasteiger partial charge < -0.3 is 15.0 Å². The Bertz CT molecular complexity index is 891. The van der Waals surface area contributed by atoms with Crippen LogP contribution >= 0.6 is 27.5 Å². The molecule has 2 atom stereocenters. The highest BCUT2D eigenvalue weighted by atomic mass is 79.9. The zero-order valence-corrected chi connectivity index (χ0v) is 20.1. The van der Waals surface area contributed by atoms with Crippen molar-refractivity contribution in [2.24, 2.45) is 0 Å². The summed E-state index contributed by atoms with van der Waals surface area (Å²) in [6, 6.07) is 12.4. The molecule has 0 aliphatic carbocycles. The molecule has 0 saturated carbocycles. The zero-order chi connectivity index (χ0) is 22.3. The third kappa shape index (κ3) is 7.03. The molecule has 5 nitrogen and oxygen atoms in total. The van der Waals surface area contributed by atoms with Crippen LogP contribution in [0.1, 0.15) is 38.3 Å². The molecule has 2 amide bonds. The van der Waals surface area contributed by atoms with Crippen LogP contribution in [0.2, 0.25) is 5.02 Å². The summed E-state index contributed by atoms with van der Waals surface area (Å²) >= 11 is 9.34. The summed E-state index contributed by atoms with van der Waals surface area (Å²) in [5.41, 5.74) is 2.05. The van der Waals surface area contributed by atoms with Crippen LogP contribution in [0.3, 0.4) is 0 Å². The van der Waals surface area contributed by atoms with Gasteiger partial charge >= 0.3 is 0 Å². The highest BCUT2D eigenvalue weighted by Crippen LogP contribution is 2.28. The topological polar surface area (TPSA) is 58.6 Å². The molecule has 0 spiro atoms. The molecule has 2 rings (SSSR count). The average Bonchev–Trinajstić information content (AvgIpc) is 2.70. The number of carbonyl (C=O) groups is 2. The Hall–Kier alpha value is -2.05. The van der Waals surface area contributed by atoms with Gasteiger partial charge in [0.25, 0.3) is 5.91 Å². The molecule has 0 unspecified atom stereocenters. The van der Waals surface area contributed by atoms with E-state index in [4.69, 9.17) is 16.3 Å². The summed E-state index contributed by atoms with van der Waals surface area (Å²) in [6.07, 6.45) is 0.817. The second kappa shape index (κ2) is 11.4. The number of carbonyl (C=O) groups excluding carboxylic acids is 2. The van der Waals surface area contributed by atoms with Gasteiger partial charge in [0.05, 0.1) is 4.47 Å². The number of amides is 2. The van der Waals surface area contributed by atoms with Crippen molar-refractivity contribution in [1.82, 2.24) is 10.2 Å². The minimum Gasteiger partial charge on any atom is -0.483 e. The maximum atomic E-state index is 13.1. The van der Waals surface area contributed by atoms with Gasteiger partial charge in [0.15, 0.2) is 6.61 Å². The molecular weight excluding hydrogens is 468 g/mol. The summed E-state index contributed by atoms with van der Waals surface area (Å²) < 4.78 is 6.36. The van der Waals surface area contributed by atoms with Crippen LogP contribution in [-0.4, -0.2) is 35.4 Å². The van der Waals surface area contributed by atoms with Gasteiger partial charge in [0.1, 0.15) is 11.8 Å². The maximum absolute atomic E-state index is 13.1. The molecule has 2 aromatic rings. The van der Waals surface area contributed by atoms with Gasteiger partial charge in [-0.1, -0.05) is 48.4 Å². The number of hydrogen-bond donors (Lipinski definition) is 1. The van der Waals surface area contributed by atoms with Crippen molar-refractivity contribution in [2.75, 3.05) is 6.61 Å². The van der Waals surface area contributed by atoms with E-state index in [9.17, 15) is 9.59 Å². The molecule has 1 N–H and O–H groups in total. The predicted molar refractivity (Wildman–Crippen MR) is 124 cm³/mol. The van der Waals surface area contributed by atoms with E-state index in [-0.39, 0.29) is 24.5 Å². The van der Waals surface area contributed by atoms with Gasteiger partial charge in [-0.2, -0.15) is 0 Å². The molecule has 0 radical (unpaired) electrons. The van der Waals surface area contributed by atoms with Crippen LogP contribution in [0.4, 0.5) is 0 Å². The van der Waals surface area contributed by atoms with Crippen molar-refractivity contribution in [3.05, 3.63) is 63.1 Å². The normalized spacial score (nSPS) is 12.7. The lowest BCUT2D eigenvalue weighted by molar-refractivity contribution is -0.142. The standard InChI is InChI=1S/C23H28BrClN2O3/c1-5-16(3)26-23(29)17(4)27(13-18-8-6-7-15(2)11-18)22(28)14-30-21-10-9-19(25)12-20(21)24/h6-12,16-17H,5,13-14H2,1-4H3,(H,26,29)/t16-,17-/m1/s1. The van der Waals surface area contributed by atoms with Crippen molar-refractivity contribution >= 4 is 39.3 Å². The lowest BCUT2D eigenvalue weighted by Crippen LogP contribution is -2.50. The van der Waals surface area contributed by atoms with E-state index < -0.39 is 6.04 Å². The Morgan fingerprint density at radius 2 is 1.93 bits per heavy atom. The first-order chi connectivity index (χ1) is 14.2. The zero-order valence-electron chi connectivity index (χ0n) is 17.7. The van der Waals surface area contributed by atoms with Crippen LogP contribution in [0, 0.1) is 6.92 Å². The monoisotopic (exact) mass is 494 g/mol. The minimum atomic E-state index is -0.635. The summed E-state index contributed by atoms with van der Waals surface area (Å²) in [5.74, 6) is 0.0585. The third-order valence-corrected chi connectivity index (χ3v) is 5.70. The van der Waals surface area contributed by atoms with Crippen molar-refractivity contribution in [3.63, 3.8) is 0 Å². The van der Waals surface area contributed by atoms with Crippen molar-refractivity contribution in [1.29, 1.82) is 0 Å². The van der Waals surface area contributed by atoms with E-state index in [1.807, 2.05) is 45.0 Å². The Morgan fingerprint density at radius 3 is 2.57 bits per heavy atom. The van der Waals surface area contributed by atoms with Crippen molar-refractivity contribution < 1.29 is 14.3 Å². The maximum Gasteiger partial charge on any atom is 0.261 e. The van der Waals surface area contributed by atoms with Crippen LogP contribution < -0.4 is 10.1 Å². The second-order valence-corrected chi connectivity index (χ2v) is 8.66. The van der Waals surface area contributed by atoms with E-state index in [1.165, 1.54) is 0 Å². The largest absolute Gasteiger partial charge is 0.483 e. The summed E-state index contributed by atoms with van der Waals surface area (Å²) in [4.78, 5) is 27.3. The molecule has 0 aliphatic rings. The fraction of sp³-hybridized carbons (Fsp3) is 0.391. The van der Waals surface area contributed by atoms with E-state index >= 15 is 0 Å². The lowest BCUT2D eigenvalue weighted by atomic mass is 10.1. The molecule has 30 heavy (non-hydrogen) atoms. The second-order valence-electron chi connectivity index (χ2n) is 7.37. The summed E-state index contributed by atoms with van der Waals surface area (Å²) in [6.45, 7) is 7.81. The Labute approximate surface area is 191 Å². The van der Waals surface area contributed by atoms with Gasteiger partial charge in [-0.05, 0) is 66.9 Å². The van der Waals surface area contributed by atoms with E-state index in [0.717, 1.165) is 17.5 Å². The van der Waals surface area contributed by atoms with Gasteiger partial charge in [-0.25, -0.2) is 0 Å². The molecular formula is C23H28BrClN2O3. The summed E-state index contributed by atoms with van der Waals surface area (Å²) in [5, 5.41) is 3.52. The van der Waals surface area contributed by atoms with Crippen LogP contribution in [0.25, 0.3) is 0 Å². The average molecular weight is 496 g/mol. The molecule has 2 aromatic carbocycles. The minimum absolute atomic E-state index is 0.0390. The fourth-order valence-corrected chi connectivity index (χ4v) is 3.67. The quantitative estimate of drug-likeness (QED) is 0.525. The molecule has 162 valence electrons. The Kier molecular flexibility index (Phi) is 9.18. The summed E-state index contributed by atoms with van der Waals surface area (Å²) in [7, 11) is 0. The van der Waals surface area contributed by atoms with Crippen LogP contribution in [0.5, 0.6) is 5.75 Å². The van der Waals surface area contributed by atoms with Crippen LogP contribution in [-0.2, 0) is 16.1 Å². The number of ether oxygens (including phenoxy) is 1. The number of benzene rings is 2. The van der Waals surface area contributed by atoms with Gasteiger partial charge in [0.2, 0.25) is 5.91 Å². The van der Waals surface area contributed by atoms with E-state index in [2.05, 4.69) is 21.2 Å². The SMILES string of the molecule is CC[C@@H](C)NC(=O)[C@@H](C)N(Cc1cccc(C)c1)C(=O)COc1ccc(Cl)cc1Br. The van der Waals surface area contributed by atoms with Gasteiger partial charge in [0, 0.05) is 17.6 Å². The molecule has 7 heteroatoms. The highest BCUT2D eigenvalue weighted by molar-refractivity contribution is 9.10. The molecule has 0 heterocycles.